The molecular weight excluding hydrogens is 414 g/mol. The molecule has 1 aromatic heterocycles. The highest BCUT2D eigenvalue weighted by molar-refractivity contribution is 6.11. The maximum atomic E-state index is 13.5. The van der Waals surface area contributed by atoms with Gasteiger partial charge in [-0.15, -0.1) is 0 Å². The van der Waals surface area contributed by atoms with E-state index in [9.17, 15) is 4.79 Å². The zero-order valence-electron chi connectivity index (χ0n) is 19.7. The largest absolute Gasteiger partial charge is 0.493 e. The van der Waals surface area contributed by atoms with E-state index < -0.39 is 0 Å². The molecule has 0 aliphatic heterocycles. The van der Waals surface area contributed by atoms with E-state index in [1.807, 2.05) is 0 Å². The van der Waals surface area contributed by atoms with Crippen LogP contribution in [0.1, 0.15) is 46.3 Å². The zero-order valence-corrected chi connectivity index (χ0v) is 19.7. The summed E-state index contributed by atoms with van der Waals surface area (Å²) in [7, 11) is 4.70. The molecule has 1 aliphatic rings. The van der Waals surface area contributed by atoms with Crippen molar-refractivity contribution in [1.29, 1.82) is 0 Å². The van der Waals surface area contributed by atoms with Crippen LogP contribution in [0, 0.1) is 12.8 Å². The Labute approximate surface area is 193 Å². The van der Waals surface area contributed by atoms with E-state index in [-0.39, 0.29) is 17.6 Å². The van der Waals surface area contributed by atoms with E-state index in [0.29, 0.717) is 22.8 Å². The molecule has 1 aliphatic carbocycles. The van der Waals surface area contributed by atoms with E-state index in [0.717, 1.165) is 18.4 Å². The van der Waals surface area contributed by atoms with Gasteiger partial charge in [0.25, 0.3) is 0 Å². The molecule has 1 N–H and O–H groups in total. The van der Waals surface area contributed by atoms with Gasteiger partial charge in [-0.1, -0.05) is 31.2 Å². The lowest BCUT2D eigenvalue weighted by atomic mass is 9.93. The Kier molecular flexibility index (Phi) is 5.28. The van der Waals surface area contributed by atoms with Gasteiger partial charge in [0.2, 0.25) is 5.75 Å². The van der Waals surface area contributed by atoms with E-state index in [1.54, 1.807) is 33.5 Å². The highest BCUT2D eigenvalue weighted by atomic mass is 16.5. The number of benzene rings is 3. The maximum absolute atomic E-state index is 13.5. The third-order valence-corrected chi connectivity index (χ3v) is 7.04. The highest BCUT2D eigenvalue weighted by Crippen LogP contribution is 2.53. The Morgan fingerprint density at radius 3 is 2.36 bits per heavy atom. The predicted octanol–water partition coefficient (Wildman–Crippen LogP) is 6.20. The number of methoxy groups -OCH3 is 3. The molecule has 0 amide bonds. The quantitative estimate of drug-likeness (QED) is 0.345. The third-order valence-electron chi connectivity index (χ3n) is 7.04. The molecule has 5 nitrogen and oxygen atoms in total. The summed E-state index contributed by atoms with van der Waals surface area (Å²) in [5.74, 6) is 1.75. The van der Waals surface area contributed by atoms with Crippen molar-refractivity contribution in [2.75, 3.05) is 21.3 Å². The maximum Gasteiger partial charge on any atom is 0.203 e. The lowest BCUT2D eigenvalue weighted by Crippen LogP contribution is -2.06. The minimum Gasteiger partial charge on any atom is -0.493 e. The van der Waals surface area contributed by atoms with Gasteiger partial charge in [-0.25, -0.2) is 0 Å². The van der Waals surface area contributed by atoms with Crippen LogP contribution in [-0.4, -0.2) is 32.1 Å². The van der Waals surface area contributed by atoms with Gasteiger partial charge in [0.05, 0.1) is 21.3 Å². The molecule has 1 fully saturated rings. The molecule has 0 spiro atoms. The van der Waals surface area contributed by atoms with Gasteiger partial charge in [-0.05, 0) is 60.6 Å². The van der Waals surface area contributed by atoms with Crippen molar-refractivity contribution >= 4 is 27.6 Å². The van der Waals surface area contributed by atoms with E-state index in [4.69, 9.17) is 14.2 Å². The first-order valence-electron chi connectivity index (χ1n) is 11.4. The molecule has 4 aromatic rings. The fourth-order valence-electron chi connectivity index (χ4n) is 5.18. The Morgan fingerprint density at radius 2 is 1.73 bits per heavy atom. The van der Waals surface area contributed by atoms with Crippen molar-refractivity contribution in [3.63, 3.8) is 0 Å². The second kappa shape index (κ2) is 8.14. The SMILES string of the molecule is CCc1cc(C2CC2C(=O)c2cc(OC)c(OC)c(OC)c2)c2c([nH]c3ccccc32)c1C. The normalized spacial score (nSPS) is 17.4. The zero-order chi connectivity index (χ0) is 23.3. The van der Waals surface area contributed by atoms with Gasteiger partial charge >= 0.3 is 0 Å². The standard InChI is InChI=1S/C28H29NO4/c1-6-16-11-20(25-18-9-7-8-10-22(18)29-26(25)15(16)2)19-14-21(19)27(30)17-12-23(31-3)28(33-5)24(13-17)32-4/h7-13,19,21,29H,6,14H2,1-5H3. The van der Waals surface area contributed by atoms with Crippen molar-refractivity contribution in [2.24, 2.45) is 5.92 Å². The number of hydrogen-bond acceptors (Lipinski definition) is 4. The number of carbonyl (C=O) groups excluding carboxylic acids is 1. The lowest BCUT2D eigenvalue weighted by molar-refractivity contribution is 0.0964. The average molecular weight is 444 g/mol. The van der Waals surface area contributed by atoms with Crippen LogP contribution < -0.4 is 14.2 Å². The van der Waals surface area contributed by atoms with E-state index >= 15 is 0 Å². The molecule has 3 aromatic carbocycles. The number of ether oxygens (including phenoxy) is 3. The van der Waals surface area contributed by atoms with Crippen LogP contribution in [0.3, 0.4) is 0 Å². The summed E-state index contributed by atoms with van der Waals surface area (Å²) in [4.78, 5) is 17.2. The van der Waals surface area contributed by atoms with Crippen LogP contribution in [0.25, 0.3) is 21.8 Å². The third kappa shape index (κ3) is 3.34. The first-order chi connectivity index (χ1) is 16.0. The van der Waals surface area contributed by atoms with Crippen molar-refractivity contribution in [3.8, 4) is 17.2 Å². The molecule has 0 radical (unpaired) electrons. The van der Waals surface area contributed by atoms with Crippen LogP contribution in [0.2, 0.25) is 0 Å². The number of ketones is 1. The topological polar surface area (TPSA) is 60.6 Å². The molecule has 2 atom stereocenters. The van der Waals surface area contributed by atoms with Gasteiger partial charge in [-0.3, -0.25) is 4.79 Å². The number of Topliss-reactive ketones (excluding diaryl/α,β-unsaturated/α-hetero) is 1. The van der Waals surface area contributed by atoms with Gasteiger partial charge in [0.1, 0.15) is 0 Å². The second-order valence-electron chi connectivity index (χ2n) is 8.75. The summed E-state index contributed by atoms with van der Waals surface area (Å²) in [6.45, 7) is 4.37. The molecule has 5 rings (SSSR count). The summed E-state index contributed by atoms with van der Waals surface area (Å²) in [6.07, 6.45) is 1.80. The summed E-state index contributed by atoms with van der Waals surface area (Å²) >= 11 is 0. The Bertz CT molecular complexity index is 1360. The minimum absolute atomic E-state index is 0.0583. The van der Waals surface area contributed by atoms with Crippen LogP contribution in [-0.2, 0) is 6.42 Å². The number of fused-ring (bicyclic) bond motifs is 3. The van der Waals surface area contributed by atoms with Crippen molar-refractivity contribution in [2.45, 2.75) is 32.6 Å². The van der Waals surface area contributed by atoms with Crippen LogP contribution in [0.5, 0.6) is 17.2 Å². The Morgan fingerprint density at radius 1 is 1.03 bits per heavy atom. The first-order valence-corrected chi connectivity index (χ1v) is 11.4. The number of nitrogens with one attached hydrogen (secondary N) is 1. The predicted molar refractivity (Wildman–Crippen MR) is 131 cm³/mol. The average Bonchev–Trinajstić information content (AvgIpc) is 3.55. The molecule has 170 valence electrons. The number of carbonyl (C=O) groups is 1. The Balaban J connectivity index is 1.58. The molecular formula is C28H29NO4. The van der Waals surface area contributed by atoms with Gasteiger partial charge in [0.15, 0.2) is 17.3 Å². The molecule has 5 heteroatoms. The van der Waals surface area contributed by atoms with E-state index in [1.165, 1.54) is 33.0 Å². The number of hydrogen-bond donors (Lipinski definition) is 1. The Hall–Kier alpha value is -3.47. The summed E-state index contributed by atoms with van der Waals surface area (Å²) in [5.41, 5.74) is 6.82. The monoisotopic (exact) mass is 443 g/mol. The first kappa shape index (κ1) is 21.4. The number of para-hydroxylation sites is 1. The molecule has 2 unspecified atom stereocenters. The summed E-state index contributed by atoms with van der Waals surface area (Å²) in [5, 5.41) is 2.48. The number of H-pyrrole nitrogens is 1. The fraction of sp³-hybridized carbons (Fsp3) is 0.321. The summed E-state index contributed by atoms with van der Waals surface area (Å²) in [6, 6.07) is 14.3. The van der Waals surface area contributed by atoms with Crippen molar-refractivity contribution < 1.29 is 19.0 Å². The molecule has 1 heterocycles. The van der Waals surface area contributed by atoms with Crippen LogP contribution >= 0.6 is 0 Å². The highest BCUT2D eigenvalue weighted by Gasteiger charge is 2.45. The van der Waals surface area contributed by atoms with E-state index in [2.05, 4.69) is 49.2 Å². The van der Waals surface area contributed by atoms with Gasteiger partial charge < -0.3 is 19.2 Å². The lowest BCUT2D eigenvalue weighted by Gasteiger charge is -2.14. The van der Waals surface area contributed by atoms with Crippen molar-refractivity contribution in [1.82, 2.24) is 4.98 Å². The smallest absolute Gasteiger partial charge is 0.203 e. The summed E-state index contributed by atoms with van der Waals surface area (Å²) < 4.78 is 16.3. The van der Waals surface area contributed by atoms with Gasteiger partial charge in [-0.2, -0.15) is 0 Å². The molecule has 0 saturated heterocycles. The number of aryl methyl sites for hydroxylation is 2. The number of aromatic nitrogens is 1. The molecule has 1 saturated carbocycles. The minimum atomic E-state index is -0.0583. The van der Waals surface area contributed by atoms with Crippen LogP contribution in [0.4, 0.5) is 0 Å². The van der Waals surface area contributed by atoms with Crippen LogP contribution in [0.15, 0.2) is 42.5 Å². The fourth-order valence-corrected chi connectivity index (χ4v) is 5.18. The van der Waals surface area contributed by atoms with Crippen molar-refractivity contribution in [3.05, 3.63) is 64.7 Å². The molecule has 33 heavy (non-hydrogen) atoms. The van der Waals surface area contributed by atoms with Gasteiger partial charge in [0, 0.05) is 33.3 Å². The second-order valence-corrected chi connectivity index (χ2v) is 8.75. The molecule has 0 bridgehead atoms. The number of rotatable bonds is 7. The number of aromatic amines is 1.